The number of anilines is 3. The van der Waals surface area contributed by atoms with Crippen LogP contribution in [0.5, 0.6) is 5.75 Å². The zero-order valence-electron chi connectivity index (χ0n) is 18.7. The van der Waals surface area contributed by atoms with Crippen LogP contribution < -0.4 is 9.64 Å². The van der Waals surface area contributed by atoms with Crippen molar-refractivity contribution < 1.29 is 4.74 Å². The van der Waals surface area contributed by atoms with Crippen molar-refractivity contribution in [2.45, 2.75) is 26.2 Å². The molecule has 0 aliphatic carbocycles. The number of nitrogens with zero attached hydrogens (tertiary/aromatic N) is 1. The van der Waals surface area contributed by atoms with Crippen molar-refractivity contribution in [2.24, 2.45) is 0 Å². The van der Waals surface area contributed by atoms with Crippen molar-refractivity contribution in [3.8, 4) is 16.9 Å². The molecule has 0 heterocycles. The number of para-hydroxylation sites is 1. The standard InChI is InChI=1S/C29H29NO/c1-29(2,3)24-14-10-22(11-15-24)23-12-16-26(17-13-23)30(25-8-6-5-7-9-25)27-18-20-28(31-4)21-19-27/h5-21H,1-4H3. The van der Waals surface area contributed by atoms with Gasteiger partial charge in [-0.25, -0.2) is 0 Å². The van der Waals surface area contributed by atoms with Crippen LogP contribution in [-0.2, 0) is 5.41 Å². The number of hydrogen-bond acceptors (Lipinski definition) is 2. The Morgan fingerprint density at radius 3 is 1.48 bits per heavy atom. The molecule has 0 radical (unpaired) electrons. The third-order valence-electron chi connectivity index (χ3n) is 5.55. The Kier molecular flexibility index (Phi) is 5.81. The maximum atomic E-state index is 5.34. The molecule has 0 saturated heterocycles. The van der Waals surface area contributed by atoms with Crippen molar-refractivity contribution in [2.75, 3.05) is 12.0 Å². The van der Waals surface area contributed by atoms with E-state index in [1.165, 1.54) is 16.7 Å². The van der Waals surface area contributed by atoms with Gasteiger partial charge in [-0.15, -0.1) is 0 Å². The minimum absolute atomic E-state index is 0.164. The summed E-state index contributed by atoms with van der Waals surface area (Å²) in [6.07, 6.45) is 0. The van der Waals surface area contributed by atoms with Gasteiger partial charge in [0.25, 0.3) is 0 Å². The van der Waals surface area contributed by atoms with E-state index < -0.39 is 0 Å². The van der Waals surface area contributed by atoms with E-state index in [-0.39, 0.29) is 5.41 Å². The molecule has 0 saturated carbocycles. The zero-order chi connectivity index (χ0) is 21.8. The second-order valence-corrected chi connectivity index (χ2v) is 8.74. The van der Waals surface area contributed by atoms with E-state index in [0.717, 1.165) is 22.8 Å². The molecule has 4 aromatic rings. The highest BCUT2D eigenvalue weighted by molar-refractivity contribution is 5.78. The molecule has 0 spiro atoms. The predicted octanol–water partition coefficient (Wildman–Crippen LogP) is 8.13. The smallest absolute Gasteiger partial charge is 0.119 e. The van der Waals surface area contributed by atoms with Gasteiger partial charge in [0.15, 0.2) is 0 Å². The molecule has 0 fully saturated rings. The molecule has 0 N–H and O–H groups in total. The first-order valence-electron chi connectivity index (χ1n) is 10.7. The molecule has 0 amide bonds. The second kappa shape index (κ2) is 8.69. The summed E-state index contributed by atoms with van der Waals surface area (Å²) in [4.78, 5) is 2.26. The first-order valence-corrected chi connectivity index (χ1v) is 10.7. The lowest BCUT2D eigenvalue weighted by molar-refractivity contribution is 0.415. The van der Waals surface area contributed by atoms with Crippen molar-refractivity contribution in [1.29, 1.82) is 0 Å². The highest BCUT2D eigenvalue weighted by Gasteiger charge is 2.14. The molecule has 31 heavy (non-hydrogen) atoms. The van der Waals surface area contributed by atoms with Gasteiger partial charge < -0.3 is 9.64 Å². The maximum Gasteiger partial charge on any atom is 0.119 e. The van der Waals surface area contributed by atoms with Gasteiger partial charge in [-0.3, -0.25) is 0 Å². The molecule has 0 bridgehead atoms. The van der Waals surface area contributed by atoms with Crippen LogP contribution in [-0.4, -0.2) is 7.11 Å². The molecule has 0 aromatic heterocycles. The third kappa shape index (κ3) is 4.64. The first kappa shape index (κ1) is 20.7. The van der Waals surface area contributed by atoms with Gasteiger partial charge in [-0.1, -0.05) is 75.4 Å². The summed E-state index contributed by atoms with van der Waals surface area (Å²) >= 11 is 0. The van der Waals surface area contributed by atoms with E-state index in [9.17, 15) is 0 Å². The number of ether oxygens (including phenoxy) is 1. The molecule has 4 rings (SSSR count). The van der Waals surface area contributed by atoms with Gasteiger partial charge in [-0.2, -0.15) is 0 Å². The fraction of sp³-hybridized carbons (Fsp3) is 0.172. The summed E-state index contributed by atoms with van der Waals surface area (Å²) in [6.45, 7) is 6.73. The van der Waals surface area contributed by atoms with Crippen LogP contribution in [0.3, 0.4) is 0 Å². The van der Waals surface area contributed by atoms with Crippen LogP contribution in [0.1, 0.15) is 26.3 Å². The van der Waals surface area contributed by atoms with E-state index in [1.807, 2.05) is 18.2 Å². The lowest BCUT2D eigenvalue weighted by atomic mass is 9.86. The average molecular weight is 408 g/mol. The van der Waals surface area contributed by atoms with Gasteiger partial charge in [0, 0.05) is 17.1 Å². The average Bonchev–Trinajstić information content (AvgIpc) is 2.80. The summed E-state index contributed by atoms with van der Waals surface area (Å²) < 4.78 is 5.34. The normalized spacial score (nSPS) is 11.2. The molecule has 0 aliphatic rings. The van der Waals surface area contributed by atoms with Crippen molar-refractivity contribution in [3.63, 3.8) is 0 Å². The Labute approximate surface area is 185 Å². The van der Waals surface area contributed by atoms with Crippen LogP contribution in [0.15, 0.2) is 103 Å². The number of hydrogen-bond donors (Lipinski definition) is 0. The first-order chi connectivity index (χ1) is 15.0. The molecular weight excluding hydrogens is 378 g/mol. The van der Waals surface area contributed by atoms with E-state index >= 15 is 0 Å². The van der Waals surface area contributed by atoms with Crippen molar-refractivity contribution >= 4 is 17.1 Å². The van der Waals surface area contributed by atoms with Crippen LogP contribution in [0.2, 0.25) is 0 Å². The lowest BCUT2D eigenvalue weighted by Crippen LogP contribution is -2.10. The summed E-state index contributed by atoms with van der Waals surface area (Å²) in [5.41, 5.74) is 7.29. The summed E-state index contributed by atoms with van der Waals surface area (Å²) in [5.74, 6) is 0.853. The summed E-state index contributed by atoms with van der Waals surface area (Å²) in [5, 5.41) is 0. The Hall–Kier alpha value is -3.52. The summed E-state index contributed by atoms with van der Waals surface area (Å²) in [6, 6.07) is 36.3. The van der Waals surface area contributed by atoms with Crippen molar-refractivity contribution in [1.82, 2.24) is 0 Å². The molecule has 0 aliphatic heterocycles. The van der Waals surface area contributed by atoms with Crippen LogP contribution in [0.25, 0.3) is 11.1 Å². The maximum absolute atomic E-state index is 5.34. The molecule has 4 aromatic carbocycles. The molecule has 2 heteroatoms. The SMILES string of the molecule is COc1ccc(N(c2ccccc2)c2ccc(-c3ccc(C(C)(C)C)cc3)cc2)cc1. The fourth-order valence-corrected chi connectivity index (χ4v) is 3.72. The zero-order valence-corrected chi connectivity index (χ0v) is 18.7. The van der Waals surface area contributed by atoms with Gasteiger partial charge in [0.2, 0.25) is 0 Å². The van der Waals surface area contributed by atoms with E-state index in [0.29, 0.717) is 0 Å². The minimum atomic E-state index is 0.164. The van der Waals surface area contributed by atoms with Crippen LogP contribution >= 0.6 is 0 Å². The van der Waals surface area contributed by atoms with Gasteiger partial charge in [0.1, 0.15) is 5.75 Å². The number of methoxy groups -OCH3 is 1. The lowest BCUT2D eigenvalue weighted by Gasteiger charge is -2.25. The highest BCUT2D eigenvalue weighted by Crippen LogP contribution is 2.36. The summed E-state index contributed by atoms with van der Waals surface area (Å²) in [7, 11) is 1.69. The van der Waals surface area contributed by atoms with Crippen molar-refractivity contribution in [3.05, 3.63) is 109 Å². The monoisotopic (exact) mass is 407 g/mol. The second-order valence-electron chi connectivity index (χ2n) is 8.74. The van der Waals surface area contributed by atoms with E-state index in [1.54, 1.807) is 7.11 Å². The number of benzene rings is 4. The fourth-order valence-electron chi connectivity index (χ4n) is 3.72. The Morgan fingerprint density at radius 1 is 0.548 bits per heavy atom. The van der Waals surface area contributed by atoms with Crippen LogP contribution in [0.4, 0.5) is 17.1 Å². The molecule has 156 valence electrons. The number of rotatable bonds is 5. The highest BCUT2D eigenvalue weighted by atomic mass is 16.5. The quantitative estimate of drug-likeness (QED) is 0.331. The molecule has 0 atom stereocenters. The van der Waals surface area contributed by atoms with Crippen LogP contribution in [0, 0.1) is 0 Å². The minimum Gasteiger partial charge on any atom is -0.497 e. The largest absolute Gasteiger partial charge is 0.497 e. The molecule has 0 unspecified atom stereocenters. The Bertz CT molecular complexity index is 1110. The van der Waals surface area contributed by atoms with E-state index in [4.69, 9.17) is 4.74 Å². The van der Waals surface area contributed by atoms with E-state index in [2.05, 4.69) is 111 Å². The Morgan fingerprint density at radius 2 is 1.00 bits per heavy atom. The van der Waals surface area contributed by atoms with Gasteiger partial charge >= 0.3 is 0 Å². The van der Waals surface area contributed by atoms with Gasteiger partial charge in [-0.05, 0) is 70.6 Å². The Balaban J connectivity index is 1.68. The predicted molar refractivity (Wildman–Crippen MR) is 132 cm³/mol. The van der Waals surface area contributed by atoms with Gasteiger partial charge in [0.05, 0.1) is 7.11 Å². The third-order valence-corrected chi connectivity index (χ3v) is 5.55. The molecule has 2 nitrogen and oxygen atoms in total. The topological polar surface area (TPSA) is 12.5 Å². The molecular formula is C29H29NO.